The van der Waals surface area contributed by atoms with Gasteiger partial charge in [0.25, 0.3) is 0 Å². The molecular formula is C19H20ClN3O4. The average molecular weight is 390 g/mol. The summed E-state index contributed by atoms with van der Waals surface area (Å²) in [7, 11) is 0. The summed E-state index contributed by atoms with van der Waals surface area (Å²) in [4.78, 5) is 23.8. The Kier molecular flexibility index (Phi) is 7.19. The highest BCUT2D eigenvalue weighted by atomic mass is 35.5. The summed E-state index contributed by atoms with van der Waals surface area (Å²) in [5.41, 5.74) is 3.51. The summed E-state index contributed by atoms with van der Waals surface area (Å²) >= 11 is 5.92. The molecule has 3 N–H and O–H groups in total. The second-order valence-corrected chi connectivity index (χ2v) is 5.99. The Morgan fingerprint density at radius 1 is 1.26 bits per heavy atom. The maximum absolute atomic E-state index is 11.9. The van der Waals surface area contributed by atoms with E-state index in [-0.39, 0.29) is 22.6 Å². The molecule has 142 valence electrons. The molecule has 2 aromatic carbocycles. The van der Waals surface area contributed by atoms with Crippen molar-refractivity contribution in [2.75, 3.05) is 6.61 Å². The van der Waals surface area contributed by atoms with Gasteiger partial charge in [0.15, 0.2) is 11.5 Å². The first kappa shape index (κ1) is 20.3. The second-order valence-electron chi connectivity index (χ2n) is 5.59. The van der Waals surface area contributed by atoms with Gasteiger partial charge in [-0.1, -0.05) is 41.9 Å². The Hall–Kier alpha value is -3.06. The minimum atomic E-state index is -0.899. The molecule has 27 heavy (non-hydrogen) atoms. The molecule has 2 amide bonds. The molecule has 0 aliphatic carbocycles. The Balaban J connectivity index is 1.95. The van der Waals surface area contributed by atoms with Crippen LogP contribution in [0.2, 0.25) is 5.02 Å². The third-order valence-corrected chi connectivity index (χ3v) is 3.87. The summed E-state index contributed by atoms with van der Waals surface area (Å²) < 4.78 is 5.26. The Bertz CT molecular complexity index is 840. The largest absolute Gasteiger partial charge is 0.503 e. The molecule has 0 fully saturated rings. The minimum Gasteiger partial charge on any atom is -0.503 e. The third-order valence-electron chi connectivity index (χ3n) is 3.58. The van der Waals surface area contributed by atoms with Crippen LogP contribution in [0.5, 0.6) is 11.5 Å². The highest BCUT2D eigenvalue weighted by Gasteiger charge is 2.16. The van der Waals surface area contributed by atoms with Gasteiger partial charge in [0, 0.05) is 0 Å². The van der Waals surface area contributed by atoms with Crippen molar-refractivity contribution < 1.29 is 19.4 Å². The number of rotatable bonds is 6. The summed E-state index contributed by atoms with van der Waals surface area (Å²) in [5.74, 6) is -1.67. The SMILES string of the molecule is CCOc1cc(/C=N/NC(=O)C(=O)N[C@@H](C)c2ccccc2)cc(Cl)c1O. The number of ether oxygens (including phenoxy) is 1. The summed E-state index contributed by atoms with van der Waals surface area (Å²) in [6, 6.07) is 11.9. The molecule has 0 aliphatic heterocycles. The molecule has 7 nitrogen and oxygen atoms in total. The molecule has 0 saturated carbocycles. The zero-order valence-corrected chi connectivity index (χ0v) is 15.7. The molecule has 0 saturated heterocycles. The maximum Gasteiger partial charge on any atom is 0.329 e. The molecule has 2 aromatic rings. The Labute approximate surface area is 162 Å². The predicted octanol–water partition coefficient (Wildman–Crippen LogP) is 2.77. The topological polar surface area (TPSA) is 100 Å². The third kappa shape index (κ3) is 5.72. The number of nitrogens with zero attached hydrogens (tertiary/aromatic N) is 1. The fourth-order valence-electron chi connectivity index (χ4n) is 2.24. The smallest absolute Gasteiger partial charge is 0.329 e. The van der Waals surface area contributed by atoms with Gasteiger partial charge in [-0.3, -0.25) is 9.59 Å². The summed E-state index contributed by atoms with van der Waals surface area (Å²) in [6.45, 7) is 3.89. The molecule has 0 bridgehead atoms. The van der Waals surface area contributed by atoms with E-state index in [4.69, 9.17) is 16.3 Å². The van der Waals surface area contributed by atoms with Crippen LogP contribution in [0, 0.1) is 0 Å². The molecule has 0 aromatic heterocycles. The van der Waals surface area contributed by atoms with Crippen LogP contribution in [-0.4, -0.2) is 29.7 Å². The van der Waals surface area contributed by atoms with Crippen molar-refractivity contribution in [2.24, 2.45) is 5.10 Å². The van der Waals surface area contributed by atoms with Gasteiger partial charge >= 0.3 is 11.8 Å². The van der Waals surface area contributed by atoms with Crippen LogP contribution in [0.15, 0.2) is 47.6 Å². The summed E-state index contributed by atoms with van der Waals surface area (Å²) in [5, 5.41) is 16.2. The lowest BCUT2D eigenvalue weighted by Gasteiger charge is -2.13. The van der Waals surface area contributed by atoms with Gasteiger partial charge in [-0.25, -0.2) is 5.43 Å². The number of phenolic OH excluding ortho intramolecular Hbond substituents is 1. The van der Waals surface area contributed by atoms with Crippen LogP contribution < -0.4 is 15.5 Å². The minimum absolute atomic E-state index is 0.0863. The lowest BCUT2D eigenvalue weighted by atomic mass is 10.1. The molecule has 0 spiro atoms. The Morgan fingerprint density at radius 2 is 1.96 bits per heavy atom. The lowest BCUT2D eigenvalue weighted by Crippen LogP contribution is -2.39. The molecule has 0 radical (unpaired) electrons. The zero-order valence-electron chi connectivity index (χ0n) is 14.9. The quantitative estimate of drug-likeness (QED) is 0.402. The number of hydrazone groups is 1. The molecule has 0 heterocycles. The normalized spacial score (nSPS) is 11.8. The number of hydrogen-bond donors (Lipinski definition) is 3. The number of halogens is 1. The monoisotopic (exact) mass is 389 g/mol. The standard InChI is InChI=1S/C19H20ClN3O4/c1-3-27-16-10-13(9-15(20)17(16)24)11-21-23-19(26)18(25)22-12(2)14-7-5-4-6-8-14/h4-12,24H,3H2,1-2H3,(H,22,25)(H,23,26)/b21-11+/t12-/m0/s1. The molecular weight excluding hydrogens is 370 g/mol. The number of amides is 2. The van der Waals surface area contributed by atoms with E-state index >= 15 is 0 Å². The van der Waals surface area contributed by atoms with Crippen LogP contribution in [0.4, 0.5) is 0 Å². The van der Waals surface area contributed by atoms with E-state index in [1.54, 1.807) is 13.8 Å². The van der Waals surface area contributed by atoms with Crippen molar-refractivity contribution in [3.8, 4) is 11.5 Å². The number of aromatic hydroxyl groups is 1. The van der Waals surface area contributed by atoms with Gasteiger partial charge in [-0.2, -0.15) is 5.10 Å². The van der Waals surface area contributed by atoms with E-state index in [2.05, 4.69) is 15.8 Å². The van der Waals surface area contributed by atoms with Gasteiger partial charge in [0.2, 0.25) is 0 Å². The van der Waals surface area contributed by atoms with Crippen molar-refractivity contribution in [3.05, 3.63) is 58.6 Å². The van der Waals surface area contributed by atoms with E-state index in [1.807, 2.05) is 30.3 Å². The van der Waals surface area contributed by atoms with Crippen LogP contribution >= 0.6 is 11.6 Å². The first-order valence-electron chi connectivity index (χ1n) is 8.26. The van der Waals surface area contributed by atoms with E-state index in [0.29, 0.717) is 12.2 Å². The van der Waals surface area contributed by atoms with E-state index in [1.165, 1.54) is 18.3 Å². The molecule has 0 aliphatic rings. The first-order valence-corrected chi connectivity index (χ1v) is 8.64. The molecule has 1 atom stereocenters. The Morgan fingerprint density at radius 3 is 2.63 bits per heavy atom. The van der Waals surface area contributed by atoms with E-state index in [0.717, 1.165) is 5.56 Å². The van der Waals surface area contributed by atoms with Gasteiger partial charge in [-0.05, 0) is 37.1 Å². The number of phenols is 1. The van der Waals surface area contributed by atoms with Crippen molar-refractivity contribution in [1.29, 1.82) is 0 Å². The highest BCUT2D eigenvalue weighted by Crippen LogP contribution is 2.34. The lowest BCUT2D eigenvalue weighted by molar-refractivity contribution is -0.139. The molecule has 2 rings (SSSR count). The van der Waals surface area contributed by atoms with Gasteiger partial charge < -0.3 is 15.2 Å². The van der Waals surface area contributed by atoms with Crippen molar-refractivity contribution >= 4 is 29.6 Å². The molecule has 8 heteroatoms. The van der Waals surface area contributed by atoms with Crippen LogP contribution in [0.3, 0.4) is 0 Å². The average Bonchev–Trinajstić information content (AvgIpc) is 2.66. The van der Waals surface area contributed by atoms with Crippen LogP contribution in [0.25, 0.3) is 0 Å². The van der Waals surface area contributed by atoms with E-state index in [9.17, 15) is 14.7 Å². The number of carbonyl (C=O) groups excluding carboxylic acids is 2. The maximum atomic E-state index is 11.9. The fraction of sp³-hybridized carbons (Fsp3) is 0.211. The summed E-state index contributed by atoms with van der Waals surface area (Å²) in [6.07, 6.45) is 1.29. The highest BCUT2D eigenvalue weighted by molar-refractivity contribution is 6.35. The number of nitrogens with one attached hydrogen (secondary N) is 2. The number of carbonyl (C=O) groups is 2. The van der Waals surface area contributed by atoms with Gasteiger partial charge in [0.1, 0.15) is 0 Å². The van der Waals surface area contributed by atoms with Gasteiger partial charge in [-0.15, -0.1) is 0 Å². The van der Waals surface area contributed by atoms with Crippen molar-refractivity contribution in [3.63, 3.8) is 0 Å². The second kappa shape index (κ2) is 9.59. The van der Waals surface area contributed by atoms with E-state index < -0.39 is 11.8 Å². The number of benzene rings is 2. The van der Waals surface area contributed by atoms with Gasteiger partial charge in [0.05, 0.1) is 23.9 Å². The fourth-order valence-corrected chi connectivity index (χ4v) is 2.46. The first-order chi connectivity index (χ1) is 12.9. The van der Waals surface area contributed by atoms with Crippen LogP contribution in [-0.2, 0) is 9.59 Å². The van der Waals surface area contributed by atoms with Crippen LogP contribution in [0.1, 0.15) is 31.0 Å². The molecule has 0 unspecified atom stereocenters. The van der Waals surface area contributed by atoms with Crippen molar-refractivity contribution in [1.82, 2.24) is 10.7 Å². The zero-order chi connectivity index (χ0) is 19.8. The van der Waals surface area contributed by atoms with Crippen molar-refractivity contribution in [2.45, 2.75) is 19.9 Å². The number of hydrogen-bond acceptors (Lipinski definition) is 5. The predicted molar refractivity (Wildman–Crippen MR) is 103 cm³/mol.